The number of Topliss-reactive ketones (excluding diaryl/α,β-unsaturated/α-hetero) is 1. The molecule has 1 N–H and O–H groups in total. The molecule has 0 aliphatic rings. The number of ether oxygens (including phenoxy) is 1. The van der Waals surface area contributed by atoms with Crippen molar-refractivity contribution >= 4 is 21.8 Å². The highest BCUT2D eigenvalue weighted by molar-refractivity contribution is 7.89. The van der Waals surface area contributed by atoms with Gasteiger partial charge in [0, 0.05) is 5.56 Å². The molecule has 0 fully saturated rings. The second-order valence-corrected chi connectivity index (χ2v) is 8.22. The van der Waals surface area contributed by atoms with E-state index in [2.05, 4.69) is 4.72 Å². The summed E-state index contributed by atoms with van der Waals surface area (Å²) in [4.78, 5) is 24.4. The van der Waals surface area contributed by atoms with Crippen LogP contribution in [0.15, 0.2) is 47.4 Å². The normalized spacial score (nSPS) is 12.4. The number of hydrogen-bond donors (Lipinski definition) is 1. The lowest BCUT2D eigenvalue weighted by molar-refractivity contribution is -0.144. The maximum Gasteiger partial charge on any atom is 0.324 e. The van der Waals surface area contributed by atoms with Crippen LogP contribution in [-0.4, -0.2) is 32.8 Å². The monoisotopic (exact) mass is 389 g/mol. The average molecular weight is 389 g/mol. The van der Waals surface area contributed by atoms with Crippen molar-refractivity contribution in [2.24, 2.45) is 0 Å². The fourth-order valence-corrected chi connectivity index (χ4v) is 3.63. The number of aryl methyl sites for hydroxylation is 3. The highest BCUT2D eigenvalue weighted by Gasteiger charge is 2.24. The third-order valence-electron chi connectivity index (χ3n) is 4.06. The molecule has 0 bridgehead atoms. The minimum atomic E-state index is -3.86. The third-order valence-corrected chi connectivity index (χ3v) is 5.61. The van der Waals surface area contributed by atoms with E-state index >= 15 is 0 Å². The van der Waals surface area contributed by atoms with Gasteiger partial charge in [-0.1, -0.05) is 35.4 Å². The summed E-state index contributed by atoms with van der Waals surface area (Å²) in [5.74, 6) is -1.15. The maximum absolute atomic E-state index is 12.3. The van der Waals surface area contributed by atoms with E-state index in [1.807, 2.05) is 26.0 Å². The Hall–Kier alpha value is -2.51. The fourth-order valence-electron chi connectivity index (χ4n) is 2.44. The van der Waals surface area contributed by atoms with Gasteiger partial charge in [0.1, 0.15) is 6.04 Å². The molecule has 7 heteroatoms. The van der Waals surface area contributed by atoms with Crippen LogP contribution in [0.4, 0.5) is 0 Å². The van der Waals surface area contributed by atoms with Gasteiger partial charge in [-0.2, -0.15) is 4.72 Å². The molecule has 0 aromatic heterocycles. The molecule has 0 heterocycles. The zero-order valence-electron chi connectivity index (χ0n) is 15.8. The second-order valence-electron chi connectivity index (χ2n) is 6.51. The van der Waals surface area contributed by atoms with Crippen molar-refractivity contribution in [1.82, 2.24) is 4.72 Å². The van der Waals surface area contributed by atoms with Crippen molar-refractivity contribution in [3.63, 3.8) is 0 Å². The molecule has 1 atom stereocenters. The Morgan fingerprint density at radius 3 is 2.22 bits per heavy atom. The first-order valence-corrected chi connectivity index (χ1v) is 9.94. The predicted molar refractivity (Wildman–Crippen MR) is 102 cm³/mol. The van der Waals surface area contributed by atoms with Gasteiger partial charge in [-0.05, 0) is 51.5 Å². The number of esters is 1. The molecule has 2 aromatic carbocycles. The number of hydrogen-bond acceptors (Lipinski definition) is 5. The van der Waals surface area contributed by atoms with Crippen LogP contribution in [0.25, 0.3) is 0 Å². The highest BCUT2D eigenvalue weighted by Crippen LogP contribution is 2.13. The summed E-state index contributed by atoms with van der Waals surface area (Å²) in [6.07, 6.45) is 0. The summed E-state index contributed by atoms with van der Waals surface area (Å²) in [6, 6.07) is 10.6. The zero-order valence-corrected chi connectivity index (χ0v) is 16.6. The number of benzene rings is 2. The molecule has 0 spiro atoms. The Morgan fingerprint density at radius 1 is 1.00 bits per heavy atom. The van der Waals surface area contributed by atoms with Gasteiger partial charge < -0.3 is 4.74 Å². The minimum Gasteiger partial charge on any atom is -0.456 e. The largest absolute Gasteiger partial charge is 0.456 e. The molecule has 0 radical (unpaired) electrons. The van der Waals surface area contributed by atoms with E-state index in [0.29, 0.717) is 5.56 Å². The molecule has 0 aliphatic carbocycles. The smallest absolute Gasteiger partial charge is 0.324 e. The summed E-state index contributed by atoms with van der Waals surface area (Å²) in [6.45, 7) is 6.43. The molecule has 27 heavy (non-hydrogen) atoms. The van der Waals surface area contributed by atoms with E-state index in [9.17, 15) is 18.0 Å². The number of carbonyl (C=O) groups is 2. The van der Waals surface area contributed by atoms with Gasteiger partial charge in [-0.3, -0.25) is 9.59 Å². The lowest BCUT2D eigenvalue weighted by Crippen LogP contribution is -2.40. The van der Waals surface area contributed by atoms with Gasteiger partial charge in [0.25, 0.3) is 0 Å². The first kappa shape index (κ1) is 20.8. The molecule has 0 aliphatic heterocycles. The van der Waals surface area contributed by atoms with Gasteiger partial charge in [-0.15, -0.1) is 0 Å². The van der Waals surface area contributed by atoms with Crippen LogP contribution in [0.1, 0.15) is 34.0 Å². The predicted octanol–water partition coefficient (Wildman–Crippen LogP) is 2.70. The molecule has 144 valence electrons. The number of sulfonamides is 1. The first-order chi connectivity index (χ1) is 12.6. The standard InChI is InChI=1S/C20H23NO5S/c1-13-6-9-17(10-7-13)27(24,25)21-16(4)20(23)26-12-19(22)18-11-14(2)5-8-15(18)3/h5-11,16,21H,12H2,1-4H3/t16-/m0/s1. The van der Waals surface area contributed by atoms with Gasteiger partial charge in [0.05, 0.1) is 4.90 Å². The van der Waals surface area contributed by atoms with E-state index in [1.165, 1.54) is 19.1 Å². The quantitative estimate of drug-likeness (QED) is 0.581. The fraction of sp³-hybridized carbons (Fsp3) is 0.300. The van der Waals surface area contributed by atoms with Crippen molar-refractivity contribution in [3.8, 4) is 0 Å². The molecular formula is C20H23NO5S. The minimum absolute atomic E-state index is 0.0548. The van der Waals surface area contributed by atoms with Gasteiger partial charge in [0.2, 0.25) is 15.8 Å². The van der Waals surface area contributed by atoms with Gasteiger partial charge in [-0.25, -0.2) is 8.42 Å². The van der Waals surface area contributed by atoms with E-state index in [0.717, 1.165) is 16.7 Å². The molecule has 0 saturated carbocycles. The summed E-state index contributed by atoms with van der Waals surface area (Å²) < 4.78 is 31.9. The summed E-state index contributed by atoms with van der Waals surface area (Å²) in [5, 5.41) is 0. The Bertz CT molecular complexity index is 949. The average Bonchev–Trinajstić information content (AvgIpc) is 2.61. The molecule has 0 amide bonds. The van der Waals surface area contributed by atoms with Crippen molar-refractivity contribution < 1.29 is 22.7 Å². The molecule has 2 aromatic rings. The van der Waals surface area contributed by atoms with Crippen LogP contribution < -0.4 is 4.72 Å². The summed E-state index contributed by atoms with van der Waals surface area (Å²) >= 11 is 0. The Morgan fingerprint density at radius 2 is 1.59 bits per heavy atom. The van der Waals surface area contributed by atoms with Crippen molar-refractivity contribution in [2.45, 2.75) is 38.6 Å². The van der Waals surface area contributed by atoms with Crippen LogP contribution in [0.3, 0.4) is 0 Å². The van der Waals surface area contributed by atoms with Crippen molar-refractivity contribution in [1.29, 1.82) is 0 Å². The Labute approximate surface area is 159 Å². The van der Waals surface area contributed by atoms with Crippen molar-refractivity contribution in [3.05, 3.63) is 64.7 Å². The molecule has 6 nitrogen and oxygen atoms in total. The molecular weight excluding hydrogens is 366 g/mol. The van der Waals surface area contributed by atoms with Crippen LogP contribution in [0, 0.1) is 20.8 Å². The van der Waals surface area contributed by atoms with Crippen molar-refractivity contribution in [2.75, 3.05) is 6.61 Å². The van der Waals surface area contributed by atoms with E-state index in [-0.39, 0.29) is 10.7 Å². The van der Waals surface area contributed by atoms with Crippen LogP contribution in [0.5, 0.6) is 0 Å². The van der Waals surface area contributed by atoms with E-state index in [4.69, 9.17) is 4.74 Å². The zero-order chi connectivity index (χ0) is 20.2. The van der Waals surface area contributed by atoms with Crippen LogP contribution in [-0.2, 0) is 19.6 Å². The SMILES string of the molecule is Cc1ccc(S(=O)(=O)N[C@@H](C)C(=O)OCC(=O)c2cc(C)ccc2C)cc1. The number of nitrogens with one attached hydrogen (secondary N) is 1. The van der Waals surface area contributed by atoms with Crippen LogP contribution >= 0.6 is 0 Å². The molecule has 0 unspecified atom stereocenters. The summed E-state index contributed by atoms with van der Waals surface area (Å²) in [5.41, 5.74) is 3.12. The maximum atomic E-state index is 12.3. The Kier molecular flexibility index (Phi) is 6.51. The number of ketones is 1. The number of carbonyl (C=O) groups excluding carboxylic acids is 2. The van der Waals surface area contributed by atoms with Crippen LogP contribution in [0.2, 0.25) is 0 Å². The molecule has 0 saturated heterocycles. The number of rotatable bonds is 7. The van der Waals surface area contributed by atoms with E-state index in [1.54, 1.807) is 25.1 Å². The highest BCUT2D eigenvalue weighted by atomic mass is 32.2. The lowest BCUT2D eigenvalue weighted by atomic mass is 10.0. The Balaban J connectivity index is 1.98. The molecule has 2 rings (SSSR count). The van der Waals surface area contributed by atoms with Gasteiger partial charge >= 0.3 is 5.97 Å². The second kappa shape index (κ2) is 8.45. The first-order valence-electron chi connectivity index (χ1n) is 8.46. The summed E-state index contributed by atoms with van der Waals surface area (Å²) in [7, 11) is -3.86. The third kappa shape index (κ3) is 5.48. The lowest BCUT2D eigenvalue weighted by Gasteiger charge is -2.14. The van der Waals surface area contributed by atoms with E-state index < -0.39 is 28.6 Å². The topological polar surface area (TPSA) is 89.5 Å². The van der Waals surface area contributed by atoms with Gasteiger partial charge in [0.15, 0.2) is 6.61 Å².